The fourth-order valence-corrected chi connectivity index (χ4v) is 3.89. The van der Waals surface area contributed by atoms with E-state index in [-0.39, 0.29) is 23.9 Å². The fraction of sp³-hybridized carbons (Fsp3) is 0.368. The number of aromatic nitrogens is 1. The van der Waals surface area contributed by atoms with E-state index in [4.69, 9.17) is 4.74 Å². The van der Waals surface area contributed by atoms with Crippen LogP contribution in [0.4, 0.5) is 13.2 Å². The summed E-state index contributed by atoms with van der Waals surface area (Å²) in [5.41, 5.74) is -5.68. The average molecular weight is 476 g/mol. The van der Waals surface area contributed by atoms with E-state index in [0.29, 0.717) is 16.8 Å². The van der Waals surface area contributed by atoms with Gasteiger partial charge in [-0.15, -0.1) is 0 Å². The number of carboxylic acid groups (broad SMARTS) is 1. The number of aromatic carboxylic acids is 1. The van der Waals surface area contributed by atoms with E-state index in [1.54, 1.807) is 18.9 Å². The van der Waals surface area contributed by atoms with E-state index in [1.165, 1.54) is 23.9 Å². The lowest BCUT2D eigenvalue weighted by Gasteiger charge is -2.39. The maximum Gasteiger partial charge on any atom is 0.534 e. The SMILES string of the molecule is COc1cc2c(cc1OS(=O)(=O)C(F)(F)F)CN(C(C)C)n1cc(C(=O)O)c(=O)c(C)c1-2. The Morgan fingerprint density at radius 1 is 1.22 bits per heavy atom. The Hall–Kier alpha value is -3.22. The molecule has 1 aliphatic rings. The summed E-state index contributed by atoms with van der Waals surface area (Å²) >= 11 is 0. The molecule has 0 amide bonds. The number of hydrogen-bond acceptors (Lipinski definition) is 7. The number of benzene rings is 1. The van der Waals surface area contributed by atoms with Gasteiger partial charge in [-0.25, -0.2) is 4.79 Å². The number of methoxy groups -OCH3 is 1. The van der Waals surface area contributed by atoms with Gasteiger partial charge < -0.3 is 19.0 Å². The molecule has 1 aliphatic heterocycles. The van der Waals surface area contributed by atoms with Gasteiger partial charge in [-0.1, -0.05) is 0 Å². The summed E-state index contributed by atoms with van der Waals surface area (Å²) in [6.45, 7) is 5.07. The van der Waals surface area contributed by atoms with Crippen LogP contribution in [0.15, 0.2) is 23.1 Å². The smallest absolute Gasteiger partial charge is 0.493 e. The number of alkyl halides is 3. The number of fused-ring (bicyclic) bond motifs is 3. The van der Waals surface area contributed by atoms with Crippen LogP contribution in [-0.4, -0.2) is 42.8 Å². The molecule has 13 heteroatoms. The van der Waals surface area contributed by atoms with E-state index in [9.17, 15) is 36.3 Å². The lowest BCUT2D eigenvalue weighted by molar-refractivity contribution is -0.0500. The van der Waals surface area contributed by atoms with Crippen molar-refractivity contribution in [1.29, 1.82) is 0 Å². The van der Waals surface area contributed by atoms with Gasteiger partial charge in [0, 0.05) is 23.4 Å². The first kappa shape index (κ1) is 23.4. The normalized spacial score (nSPS) is 13.6. The molecular formula is C19H19F3N2O7S. The third kappa shape index (κ3) is 3.76. The second-order valence-electron chi connectivity index (χ2n) is 7.33. The predicted molar refractivity (Wildman–Crippen MR) is 107 cm³/mol. The molecule has 2 aromatic rings. The molecule has 0 saturated heterocycles. The van der Waals surface area contributed by atoms with Crippen LogP contribution in [-0.2, 0) is 16.7 Å². The molecule has 0 bridgehead atoms. The van der Waals surface area contributed by atoms with Crippen LogP contribution in [0.25, 0.3) is 11.3 Å². The number of halogens is 3. The highest BCUT2D eigenvalue weighted by atomic mass is 32.2. The summed E-state index contributed by atoms with van der Waals surface area (Å²) < 4.78 is 72.3. The highest BCUT2D eigenvalue weighted by Gasteiger charge is 2.49. The lowest BCUT2D eigenvalue weighted by atomic mass is 9.96. The number of pyridine rings is 1. The van der Waals surface area contributed by atoms with Gasteiger partial charge in [0.25, 0.3) is 0 Å². The Bertz CT molecular complexity index is 1270. The van der Waals surface area contributed by atoms with Crippen molar-refractivity contribution in [2.24, 2.45) is 0 Å². The molecule has 9 nitrogen and oxygen atoms in total. The molecule has 0 saturated carbocycles. The van der Waals surface area contributed by atoms with E-state index in [0.717, 1.165) is 13.2 Å². The zero-order valence-electron chi connectivity index (χ0n) is 17.3. The van der Waals surface area contributed by atoms with E-state index >= 15 is 0 Å². The zero-order chi connectivity index (χ0) is 24.2. The van der Waals surface area contributed by atoms with Crippen molar-refractivity contribution in [1.82, 2.24) is 4.68 Å². The maximum atomic E-state index is 12.8. The summed E-state index contributed by atoms with van der Waals surface area (Å²) in [5.74, 6) is -2.38. The third-order valence-electron chi connectivity index (χ3n) is 4.98. The summed E-state index contributed by atoms with van der Waals surface area (Å²) in [7, 11) is -4.83. The summed E-state index contributed by atoms with van der Waals surface area (Å²) in [6.07, 6.45) is 1.18. The zero-order valence-corrected chi connectivity index (χ0v) is 18.2. The van der Waals surface area contributed by atoms with Crippen LogP contribution in [0, 0.1) is 6.92 Å². The van der Waals surface area contributed by atoms with Gasteiger partial charge in [0.05, 0.1) is 19.3 Å². The van der Waals surface area contributed by atoms with Crippen LogP contribution >= 0.6 is 0 Å². The van der Waals surface area contributed by atoms with Crippen molar-refractivity contribution in [3.8, 4) is 22.8 Å². The van der Waals surface area contributed by atoms with Gasteiger partial charge in [-0.2, -0.15) is 21.6 Å². The predicted octanol–water partition coefficient (Wildman–Crippen LogP) is 2.62. The van der Waals surface area contributed by atoms with Gasteiger partial charge in [0.15, 0.2) is 16.9 Å². The molecule has 0 aliphatic carbocycles. The number of hydrogen-bond donors (Lipinski definition) is 1. The first-order chi connectivity index (χ1) is 14.7. The number of carbonyl (C=O) groups is 1. The minimum Gasteiger partial charge on any atom is -0.493 e. The van der Waals surface area contributed by atoms with Crippen LogP contribution < -0.4 is 19.4 Å². The van der Waals surface area contributed by atoms with Crippen LogP contribution in [0.2, 0.25) is 0 Å². The number of ether oxygens (including phenoxy) is 1. The largest absolute Gasteiger partial charge is 0.534 e. The summed E-state index contributed by atoms with van der Waals surface area (Å²) in [6, 6.07) is 2.13. The van der Waals surface area contributed by atoms with Crippen molar-refractivity contribution >= 4 is 16.1 Å². The second kappa shape index (κ2) is 7.73. The van der Waals surface area contributed by atoms with Gasteiger partial charge >= 0.3 is 21.6 Å². The standard InChI is InChI=1S/C19H19F3N2O7S/c1-9(2)23-7-11-5-15(31-32(28,29)19(20,21)22)14(30-4)6-12(11)16-10(3)17(25)13(18(26)27)8-24(16)23/h5-6,8-9H,7H2,1-4H3,(H,26,27). The molecule has 1 N–H and O–H groups in total. The summed E-state index contributed by atoms with van der Waals surface area (Å²) in [4.78, 5) is 24.1. The molecule has 32 heavy (non-hydrogen) atoms. The van der Waals surface area contributed by atoms with Gasteiger partial charge in [0.1, 0.15) is 5.56 Å². The highest BCUT2D eigenvalue weighted by molar-refractivity contribution is 7.88. The fourth-order valence-electron chi connectivity index (χ4n) is 3.43. The Kier molecular flexibility index (Phi) is 5.66. The molecule has 1 aromatic carbocycles. The first-order valence-corrected chi connectivity index (χ1v) is 10.6. The van der Waals surface area contributed by atoms with E-state index < -0.39 is 38.3 Å². The van der Waals surface area contributed by atoms with Crippen molar-refractivity contribution < 1.29 is 40.4 Å². The van der Waals surface area contributed by atoms with Crippen LogP contribution in [0.3, 0.4) is 0 Å². The Morgan fingerprint density at radius 3 is 2.34 bits per heavy atom. The monoisotopic (exact) mass is 476 g/mol. The van der Waals surface area contributed by atoms with Gasteiger partial charge in [0.2, 0.25) is 0 Å². The molecule has 0 spiro atoms. The second-order valence-corrected chi connectivity index (χ2v) is 8.87. The Balaban J connectivity index is 2.30. The number of carboxylic acids is 1. The summed E-state index contributed by atoms with van der Waals surface area (Å²) in [5, 5.41) is 11.1. The quantitative estimate of drug-likeness (QED) is 0.517. The van der Waals surface area contributed by atoms with Crippen LogP contribution in [0.1, 0.15) is 35.3 Å². The molecule has 0 unspecified atom stereocenters. The van der Waals surface area contributed by atoms with Crippen molar-refractivity contribution in [2.45, 2.75) is 38.9 Å². The molecule has 1 aromatic heterocycles. The van der Waals surface area contributed by atoms with Gasteiger partial charge in [-0.05, 0) is 38.5 Å². The minimum atomic E-state index is -5.94. The molecule has 2 heterocycles. The van der Waals surface area contributed by atoms with E-state index in [2.05, 4.69) is 4.18 Å². The lowest BCUT2D eigenvalue weighted by Crippen LogP contribution is -2.44. The van der Waals surface area contributed by atoms with E-state index in [1.807, 2.05) is 0 Å². The minimum absolute atomic E-state index is 0.0633. The molecular weight excluding hydrogens is 457 g/mol. The number of rotatable bonds is 5. The third-order valence-corrected chi connectivity index (χ3v) is 5.95. The van der Waals surface area contributed by atoms with Crippen molar-refractivity contribution in [3.05, 3.63) is 45.2 Å². The topological polar surface area (TPSA) is 115 Å². The van der Waals surface area contributed by atoms with Crippen LogP contribution in [0.5, 0.6) is 11.5 Å². The van der Waals surface area contributed by atoms with Crippen molar-refractivity contribution in [3.63, 3.8) is 0 Å². The average Bonchev–Trinajstić information content (AvgIpc) is 2.67. The Morgan fingerprint density at radius 2 is 1.84 bits per heavy atom. The van der Waals surface area contributed by atoms with Crippen molar-refractivity contribution in [2.75, 3.05) is 12.1 Å². The Labute approximate surface area is 180 Å². The molecule has 174 valence electrons. The first-order valence-electron chi connectivity index (χ1n) is 9.18. The van der Waals surface area contributed by atoms with Gasteiger partial charge in [-0.3, -0.25) is 9.47 Å². The molecule has 3 rings (SSSR count). The molecule has 0 atom stereocenters. The number of nitrogens with zero attached hydrogens (tertiary/aromatic N) is 2. The maximum absolute atomic E-state index is 12.8. The molecule has 0 fully saturated rings. The highest BCUT2D eigenvalue weighted by Crippen LogP contribution is 2.41. The molecule has 0 radical (unpaired) electrons.